The number of aryl methyl sites for hydroxylation is 1. The lowest BCUT2D eigenvalue weighted by molar-refractivity contribution is -0.138. The van der Waals surface area contributed by atoms with Crippen molar-refractivity contribution in [2.45, 2.75) is 52.0 Å². The van der Waals surface area contributed by atoms with E-state index in [1.165, 1.54) is 11.8 Å². The van der Waals surface area contributed by atoms with Gasteiger partial charge in [0.15, 0.2) is 0 Å². The number of rotatable bonds is 11. The number of carbonyl (C=O) groups excluding carboxylic acids is 2. The summed E-state index contributed by atoms with van der Waals surface area (Å²) in [5.74, 6) is 0.791. The molecule has 162 valence electrons. The molecule has 2 rings (SSSR count). The van der Waals surface area contributed by atoms with Gasteiger partial charge in [0.25, 0.3) is 0 Å². The van der Waals surface area contributed by atoms with E-state index in [0.29, 0.717) is 29.6 Å². The van der Waals surface area contributed by atoms with E-state index in [1.54, 1.807) is 11.8 Å². The third-order valence-electron chi connectivity index (χ3n) is 5.04. The van der Waals surface area contributed by atoms with E-state index in [4.69, 9.17) is 11.6 Å². The number of halogens is 1. The number of benzene rings is 2. The minimum atomic E-state index is -0.533. The lowest BCUT2D eigenvalue weighted by atomic mass is 10.1. The molecule has 0 saturated carbocycles. The summed E-state index contributed by atoms with van der Waals surface area (Å²) in [5.41, 5.74) is 3.17. The summed E-state index contributed by atoms with van der Waals surface area (Å²) < 4.78 is 0. The van der Waals surface area contributed by atoms with Crippen molar-refractivity contribution in [2.24, 2.45) is 0 Å². The highest BCUT2D eigenvalue weighted by Crippen LogP contribution is 2.22. The Hall–Kier alpha value is -1.98. The molecule has 0 radical (unpaired) electrons. The molecule has 1 atom stereocenters. The van der Waals surface area contributed by atoms with Crippen molar-refractivity contribution < 1.29 is 9.59 Å². The van der Waals surface area contributed by atoms with E-state index in [2.05, 4.69) is 12.2 Å². The highest BCUT2D eigenvalue weighted by atomic mass is 35.5. The Morgan fingerprint density at radius 2 is 1.77 bits per heavy atom. The molecule has 0 aliphatic heterocycles. The van der Waals surface area contributed by atoms with E-state index >= 15 is 0 Å². The Balaban J connectivity index is 2.07. The number of hydrogen-bond donors (Lipinski definition) is 1. The molecule has 0 spiro atoms. The van der Waals surface area contributed by atoms with Gasteiger partial charge in [0, 0.05) is 23.9 Å². The van der Waals surface area contributed by atoms with Crippen molar-refractivity contribution >= 4 is 35.2 Å². The van der Waals surface area contributed by atoms with Crippen molar-refractivity contribution in [3.63, 3.8) is 0 Å². The van der Waals surface area contributed by atoms with Crippen LogP contribution < -0.4 is 5.32 Å². The van der Waals surface area contributed by atoms with E-state index in [9.17, 15) is 9.59 Å². The topological polar surface area (TPSA) is 49.4 Å². The van der Waals surface area contributed by atoms with Gasteiger partial charge >= 0.3 is 0 Å². The number of unbranched alkanes of at least 4 members (excludes halogenated alkanes) is 1. The minimum Gasteiger partial charge on any atom is -0.354 e. The van der Waals surface area contributed by atoms with Crippen LogP contribution in [0.5, 0.6) is 0 Å². The highest BCUT2D eigenvalue weighted by molar-refractivity contribution is 7.99. The van der Waals surface area contributed by atoms with Crippen LogP contribution in [-0.2, 0) is 21.9 Å². The molecule has 0 aromatic heterocycles. The van der Waals surface area contributed by atoms with Crippen molar-refractivity contribution in [1.82, 2.24) is 10.2 Å². The molecule has 0 aliphatic carbocycles. The summed E-state index contributed by atoms with van der Waals surface area (Å²) in [5, 5.41) is 3.66. The van der Waals surface area contributed by atoms with Crippen LogP contribution in [-0.4, -0.2) is 35.1 Å². The molecule has 2 aromatic rings. The van der Waals surface area contributed by atoms with Gasteiger partial charge in [0.1, 0.15) is 6.04 Å². The van der Waals surface area contributed by atoms with Gasteiger partial charge < -0.3 is 10.2 Å². The molecule has 2 amide bonds. The highest BCUT2D eigenvalue weighted by Gasteiger charge is 2.26. The number of amides is 2. The Labute approximate surface area is 189 Å². The Morgan fingerprint density at radius 1 is 1.10 bits per heavy atom. The van der Waals surface area contributed by atoms with Crippen LogP contribution in [0.1, 0.15) is 43.4 Å². The lowest BCUT2D eigenvalue weighted by Crippen LogP contribution is -2.48. The summed E-state index contributed by atoms with van der Waals surface area (Å²) >= 11 is 7.73. The third-order valence-corrected chi connectivity index (χ3v) is 6.37. The molecule has 0 fully saturated rings. The van der Waals surface area contributed by atoms with Crippen LogP contribution in [0.25, 0.3) is 0 Å². The minimum absolute atomic E-state index is 0.0477. The average Bonchev–Trinajstić information content (AvgIpc) is 2.74. The molecule has 0 saturated heterocycles. The van der Waals surface area contributed by atoms with Crippen molar-refractivity contribution in [3.8, 4) is 0 Å². The average molecular weight is 447 g/mol. The molecular formula is C24H31ClN2O2S. The van der Waals surface area contributed by atoms with Gasteiger partial charge in [-0.05, 0) is 43.0 Å². The predicted octanol–water partition coefficient (Wildman–Crippen LogP) is 5.22. The smallest absolute Gasteiger partial charge is 0.242 e. The van der Waals surface area contributed by atoms with E-state index in [0.717, 1.165) is 29.5 Å². The molecule has 2 aromatic carbocycles. The first kappa shape index (κ1) is 24.3. The normalized spacial score (nSPS) is 11.7. The first-order valence-corrected chi connectivity index (χ1v) is 11.9. The van der Waals surface area contributed by atoms with Crippen LogP contribution in [0.3, 0.4) is 0 Å². The third kappa shape index (κ3) is 7.37. The second-order valence-electron chi connectivity index (χ2n) is 7.35. The number of nitrogens with one attached hydrogen (secondary N) is 1. The number of thioether (sulfide) groups is 1. The summed E-state index contributed by atoms with van der Waals surface area (Å²) in [7, 11) is 0. The quantitative estimate of drug-likeness (QED) is 0.481. The standard InChI is InChI=1S/C24H31ClN2O2S/c1-4-5-14-26-24(29)19(3)27(15-20-11-7-6-10-18(20)2)23(28)17-30-16-21-12-8-9-13-22(21)25/h6-13,19H,4-5,14-17H2,1-3H3,(H,26,29). The van der Waals surface area contributed by atoms with Gasteiger partial charge in [-0.2, -0.15) is 0 Å². The van der Waals surface area contributed by atoms with Gasteiger partial charge in [-0.25, -0.2) is 0 Å². The second-order valence-corrected chi connectivity index (χ2v) is 8.75. The van der Waals surface area contributed by atoms with Gasteiger partial charge in [0.05, 0.1) is 5.75 Å². The molecule has 4 nitrogen and oxygen atoms in total. The van der Waals surface area contributed by atoms with E-state index in [1.807, 2.05) is 55.5 Å². The summed E-state index contributed by atoms with van der Waals surface area (Å²) in [6, 6.07) is 15.1. The van der Waals surface area contributed by atoms with Gasteiger partial charge in [-0.15, -0.1) is 11.8 Å². The fraction of sp³-hybridized carbons (Fsp3) is 0.417. The first-order chi connectivity index (χ1) is 14.4. The molecule has 30 heavy (non-hydrogen) atoms. The Morgan fingerprint density at radius 3 is 2.43 bits per heavy atom. The van der Waals surface area contributed by atoms with Crippen LogP contribution >= 0.6 is 23.4 Å². The second kappa shape index (κ2) is 12.7. The Kier molecular flexibility index (Phi) is 10.2. The lowest BCUT2D eigenvalue weighted by Gasteiger charge is -2.29. The zero-order valence-corrected chi connectivity index (χ0v) is 19.6. The van der Waals surface area contributed by atoms with Crippen molar-refractivity contribution in [3.05, 3.63) is 70.2 Å². The molecule has 6 heteroatoms. The zero-order chi connectivity index (χ0) is 21.9. The van der Waals surface area contributed by atoms with E-state index < -0.39 is 6.04 Å². The fourth-order valence-corrected chi connectivity index (χ4v) is 4.23. The monoisotopic (exact) mass is 446 g/mol. The van der Waals surface area contributed by atoms with Crippen LogP contribution in [0, 0.1) is 6.92 Å². The molecule has 1 unspecified atom stereocenters. The Bertz CT molecular complexity index is 843. The van der Waals surface area contributed by atoms with Crippen molar-refractivity contribution in [1.29, 1.82) is 0 Å². The first-order valence-electron chi connectivity index (χ1n) is 10.4. The number of carbonyl (C=O) groups is 2. The maximum Gasteiger partial charge on any atom is 0.242 e. The van der Waals surface area contributed by atoms with Crippen LogP contribution in [0.2, 0.25) is 5.02 Å². The molecular weight excluding hydrogens is 416 g/mol. The maximum absolute atomic E-state index is 13.1. The molecule has 1 N–H and O–H groups in total. The molecule has 0 aliphatic rings. The summed E-state index contributed by atoms with van der Waals surface area (Å²) in [4.78, 5) is 27.4. The zero-order valence-electron chi connectivity index (χ0n) is 18.0. The predicted molar refractivity (Wildman–Crippen MR) is 127 cm³/mol. The SMILES string of the molecule is CCCCNC(=O)C(C)N(Cc1ccccc1C)C(=O)CSCc1ccccc1Cl. The van der Waals surface area contributed by atoms with Gasteiger partial charge in [0.2, 0.25) is 11.8 Å². The molecule has 0 heterocycles. The summed E-state index contributed by atoms with van der Waals surface area (Å²) in [6.45, 7) is 6.96. The van der Waals surface area contributed by atoms with Gasteiger partial charge in [-0.1, -0.05) is 67.4 Å². The van der Waals surface area contributed by atoms with E-state index in [-0.39, 0.29) is 11.8 Å². The fourth-order valence-electron chi connectivity index (χ4n) is 3.04. The van der Waals surface area contributed by atoms with Crippen LogP contribution in [0.4, 0.5) is 0 Å². The summed E-state index contributed by atoms with van der Waals surface area (Å²) in [6.07, 6.45) is 1.94. The number of nitrogens with zero attached hydrogens (tertiary/aromatic N) is 1. The van der Waals surface area contributed by atoms with Crippen molar-refractivity contribution in [2.75, 3.05) is 12.3 Å². The van der Waals surface area contributed by atoms with Gasteiger partial charge in [-0.3, -0.25) is 9.59 Å². The maximum atomic E-state index is 13.1. The molecule has 0 bridgehead atoms. The number of hydrogen-bond acceptors (Lipinski definition) is 3. The largest absolute Gasteiger partial charge is 0.354 e. The van der Waals surface area contributed by atoms with Crippen LogP contribution in [0.15, 0.2) is 48.5 Å².